The zero-order valence-corrected chi connectivity index (χ0v) is 11.6. The molecule has 0 aliphatic rings. The van der Waals surface area contributed by atoms with Crippen LogP contribution in [0.25, 0.3) is 0 Å². The molecular weight excluding hydrogens is 299 g/mol. The molecule has 1 heterocycles. The van der Waals surface area contributed by atoms with E-state index in [2.05, 4.69) is 5.16 Å². The van der Waals surface area contributed by atoms with Gasteiger partial charge in [-0.1, -0.05) is 35.5 Å². The van der Waals surface area contributed by atoms with Crippen LogP contribution in [0.2, 0.25) is 0 Å². The van der Waals surface area contributed by atoms with Crippen molar-refractivity contribution in [1.82, 2.24) is 5.16 Å². The Kier molecular flexibility index (Phi) is 5.32. The molecule has 4 nitrogen and oxygen atoms in total. The molecule has 0 aliphatic carbocycles. The third-order valence-corrected chi connectivity index (χ3v) is 2.84. The molecule has 0 spiro atoms. The fourth-order valence-electron chi connectivity index (χ4n) is 1.74. The van der Waals surface area contributed by atoms with Gasteiger partial charge in [-0.3, -0.25) is 4.79 Å². The van der Waals surface area contributed by atoms with Crippen molar-refractivity contribution in [2.24, 2.45) is 0 Å². The number of hydrogen-bond acceptors (Lipinski definition) is 4. The summed E-state index contributed by atoms with van der Waals surface area (Å²) in [6.07, 6.45) is -6.17. The van der Waals surface area contributed by atoms with Gasteiger partial charge in [0.05, 0.1) is 13.0 Å². The van der Waals surface area contributed by atoms with Crippen LogP contribution < -0.4 is 0 Å². The number of ketones is 1. The van der Waals surface area contributed by atoms with E-state index in [-0.39, 0.29) is 12.3 Å². The molecule has 0 bridgehead atoms. The van der Waals surface area contributed by atoms with Gasteiger partial charge in [0.15, 0.2) is 11.5 Å². The topological polar surface area (TPSA) is 52.3 Å². The number of halogens is 3. The summed E-state index contributed by atoms with van der Waals surface area (Å²) >= 11 is 0. The molecule has 0 saturated heterocycles. The van der Waals surface area contributed by atoms with Crippen molar-refractivity contribution in [3.05, 3.63) is 53.4 Å². The third-order valence-electron chi connectivity index (χ3n) is 2.84. The molecule has 0 radical (unpaired) electrons. The Bertz CT molecular complexity index is 608. The highest BCUT2D eigenvalue weighted by atomic mass is 19.4. The largest absolute Gasteiger partial charge is 0.389 e. The average Bonchev–Trinajstić information content (AvgIpc) is 2.94. The van der Waals surface area contributed by atoms with Crippen LogP contribution in [0.15, 0.2) is 40.9 Å². The fourth-order valence-corrected chi connectivity index (χ4v) is 1.74. The highest BCUT2D eigenvalue weighted by molar-refractivity contribution is 5.94. The summed E-state index contributed by atoms with van der Waals surface area (Å²) in [6.45, 7) is 0.452. The second-order valence-electron chi connectivity index (χ2n) is 4.70. The van der Waals surface area contributed by atoms with Crippen LogP contribution in [-0.4, -0.2) is 17.1 Å². The lowest BCUT2D eigenvalue weighted by Gasteiger charge is -2.03. The van der Waals surface area contributed by atoms with Crippen LogP contribution in [0, 0.1) is 0 Å². The summed E-state index contributed by atoms with van der Waals surface area (Å²) in [5.74, 6) is -0.401. The summed E-state index contributed by atoms with van der Waals surface area (Å²) in [6, 6.07) is 10.7. The third kappa shape index (κ3) is 5.33. The van der Waals surface area contributed by atoms with Gasteiger partial charge in [-0.25, -0.2) is 0 Å². The lowest BCUT2D eigenvalue weighted by atomic mass is 10.1. The molecule has 0 fully saturated rings. The fraction of sp³-hybridized carbons (Fsp3) is 0.333. The number of nitrogens with zero attached hydrogens (tertiary/aromatic N) is 1. The number of aromatic nitrogens is 1. The maximum absolute atomic E-state index is 12.0. The molecule has 118 valence electrons. The van der Waals surface area contributed by atoms with Crippen LogP contribution in [0.5, 0.6) is 0 Å². The number of benzene rings is 1. The maximum atomic E-state index is 12.0. The SMILES string of the molecule is O=C(CCC(F)(F)F)c1cc(COCc2ccccc2)on1. The highest BCUT2D eigenvalue weighted by Crippen LogP contribution is 2.22. The minimum atomic E-state index is -4.36. The second-order valence-corrected chi connectivity index (χ2v) is 4.70. The summed E-state index contributed by atoms with van der Waals surface area (Å²) in [7, 11) is 0. The maximum Gasteiger partial charge on any atom is 0.389 e. The standard InChI is InChI=1S/C15H14F3NO3/c16-15(17,18)7-6-14(20)13-8-12(22-19-13)10-21-9-11-4-2-1-3-5-11/h1-5,8H,6-7,9-10H2. The van der Waals surface area contributed by atoms with Crippen LogP contribution >= 0.6 is 0 Å². The molecule has 0 amide bonds. The van der Waals surface area contributed by atoms with Gasteiger partial charge in [0.25, 0.3) is 0 Å². The second kappa shape index (κ2) is 7.22. The van der Waals surface area contributed by atoms with E-state index >= 15 is 0 Å². The van der Waals surface area contributed by atoms with Crippen molar-refractivity contribution in [3.63, 3.8) is 0 Å². The summed E-state index contributed by atoms with van der Waals surface area (Å²) in [5.41, 5.74) is 0.867. The molecule has 1 aromatic heterocycles. The first-order chi connectivity index (χ1) is 10.4. The molecule has 0 unspecified atom stereocenters. The zero-order valence-electron chi connectivity index (χ0n) is 11.6. The Labute approximate surface area is 124 Å². The van der Waals surface area contributed by atoms with Gasteiger partial charge in [0.2, 0.25) is 0 Å². The first-order valence-electron chi connectivity index (χ1n) is 6.61. The molecule has 22 heavy (non-hydrogen) atoms. The van der Waals surface area contributed by atoms with Crippen LogP contribution in [0.3, 0.4) is 0 Å². The minimum absolute atomic E-state index is 0.0917. The Balaban J connectivity index is 1.80. The number of alkyl halides is 3. The molecule has 2 aromatic rings. The molecule has 0 atom stereocenters. The number of rotatable bonds is 7. The molecule has 7 heteroatoms. The van der Waals surface area contributed by atoms with E-state index in [1.807, 2.05) is 30.3 Å². The number of ether oxygens (including phenoxy) is 1. The molecule has 0 aliphatic heterocycles. The van der Waals surface area contributed by atoms with Crippen molar-refractivity contribution in [3.8, 4) is 0 Å². The molecule has 2 rings (SSSR count). The first kappa shape index (κ1) is 16.2. The Hall–Kier alpha value is -2.15. The first-order valence-corrected chi connectivity index (χ1v) is 6.61. The van der Waals surface area contributed by atoms with E-state index in [0.717, 1.165) is 5.56 Å². The van der Waals surface area contributed by atoms with Crippen molar-refractivity contribution in [1.29, 1.82) is 0 Å². The Morgan fingerprint density at radius 1 is 1.18 bits per heavy atom. The monoisotopic (exact) mass is 313 g/mol. The predicted molar refractivity (Wildman–Crippen MR) is 71.1 cm³/mol. The van der Waals surface area contributed by atoms with Crippen molar-refractivity contribution >= 4 is 5.78 Å². The quantitative estimate of drug-likeness (QED) is 0.727. The number of hydrogen-bond donors (Lipinski definition) is 0. The summed E-state index contributed by atoms with van der Waals surface area (Å²) < 4.78 is 46.4. The van der Waals surface area contributed by atoms with Gasteiger partial charge in [-0.2, -0.15) is 13.2 Å². The van der Waals surface area contributed by atoms with E-state index in [1.165, 1.54) is 6.07 Å². The molecule has 0 saturated carbocycles. The predicted octanol–water partition coefficient (Wildman–Crippen LogP) is 3.92. The van der Waals surface area contributed by atoms with Crippen molar-refractivity contribution < 1.29 is 27.2 Å². The van der Waals surface area contributed by atoms with Gasteiger partial charge in [-0.05, 0) is 5.56 Å². The van der Waals surface area contributed by atoms with Crippen molar-refractivity contribution in [2.45, 2.75) is 32.2 Å². The normalized spacial score (nSPS) is 11.6. The minimum Gasteiger partial charge on any atom is -0.369 e. The Morgan fingerprint density at radius 3 is 2.59 bits per heavy atom. The van der Waals surface area contributed by atoms with Gasteiger partial charge < -0.3 is 9.26 Å². The molecule has 1 aromatic carbocycles. The van der Waals surface area contributed by atoms with Gasteiger partial charge in [-0.15, -0.1) is 0 Å². The summed E-state index contributed by atoms with van der Waals surface area (Å²) in [4.78, 5) is 11.5. The van der Waals surface area contributed by atoms with Gasteiger partial charge >= 0.3 is 6.18 Å². The van der Waals surface area contributed by atoms with Crippen LogP contribution in [-0.2, 0) is 18.0 Å². The lowest BCUT2D eigenvalue weighted by Crippen LogP contribution is -2.11. The highest BCUT2D eigenvalue weighted by Gasteiger charge is 2.28. The number of carbonyl (C=O) groups excluding carboxylic acids is 1. The van der Waals surface area contributed by atoms with E-state index in [0.29, 0.717) is 12.4 Å². The smallest absolute Gasteiger partial charge is 0.369 e. The average molecular weight is 313 g/mol. The van der Waals surface area contributed by atoms with E-state index in [9.17, 15) is 18.0 Å². The molecule has 0 N–H and O–H groups in total. The van der Waals surface area contributed by atoms with Crippen molar-refractivity contribution in [2.75, 3.05) is 0 Å². The van der Waals surface area contributed by atoms with E-state index < -0.39 is 24.8 Å². The Morgan fingerprint density at radius 2 is 1.91 bits per heavy atom. The summed E-state index contributed by atoms with van der Waals surface area (Å²) in [5, 5.41) is 3.47. The van der Waals surface area contributed by atoms with Gasteiger partial charge in [0.1, 0.15) is 12.3 Å². The van der Waals surface area contributed by atoms with E-state index in [4.69, 9.17) is 9.26 Å². The number of Topliss-reactive ketones (excluding diaryl/α,β-unsaturated/α-hetero) is 1. The number of carbonyl (C=O) groups is 1. The van der Waals surface area contributed by atoms with E-state index in [1.54, 1.807) is 0 Å². The molecular formula is C15H14F3NO3. The van der Waals surface area contributed by atoms with Gasteiger partial charge in [0, 0.05) is 12.5 Å². The zero-order chi connectivity index (χ0) is 16.0. The lowest BCUT2D eigenvalue weighted by molar-refractivity contribution is -0.133. The van der Waals surface area contributed by atoms with Crippen LogP contribution in [0.1, 0.15) is 34.7 Å². The van der Waals surface area contributed by atoms with Crippen LogP contribution in [0.4, 0.5) is 13.2 Å².